The lowest BCUT2D eigenvalue weighted by Gasteiger charge is -2.12. The summed E-state index contributed by atoms with van der Waals surface area (Å²) in [5.74, 6) is 1.73. The number of imidazole rings is 1. The van der Waals surface area contributed by atoms with Crippen molar-refractivity contribution in [3.05, 3.63) is 77.2 Å². The van der Waals surface area contributed by atoms with Gasteiger partial charge in [-0.15, -0.1) is 0 Å². The number of fused-ring (bicyclic) bond motifs is 1. The maximum Gasteiger partial charge on any atom is 0.250 e. The Balaban J connectivity index is 1.71. The van der Waals surface area contributed by atoms with Gasteiger partial charge in [0.2, 0.25) is 0 Å². The molecule has 6 heteroatoms. The van der Waals surface area contributed by atoms with Crippen molar-refractivity contribution in [2.24, 2.45) is 0 Å². The number of ether oxygens (including phenoxy) is 1. The molecule has 0 radical (unpaired) electrons. The van der Waals surface area contributed by atoms with Crippen LogP contribution < -0.4 is 10.3 Å². The minimum absolute atomic E-state index is 0.137. The van der Waals surface area contributed by atoms with E-state index in [1.54, 1.807) is 13.3 Å². The van der Waals surface area contributed by atoms with Crippen LogP contribution in [0.1, 0.15) is 5.69 Å². The summed E-state index contributed by atoms with van der Waals surface area (Å²) in [6.07, 6.45) is 5.83. The number of benzene rings is 2. The maximum atomic E-state index is 11.4. The van der Waals surface area contributed by atoms with Crippen LogP contribution in [-0.4, -0.2) is 26.6 Å². The number of nitrogens with one attached hydrogen (secondary N) is 1. The van der Waals surface area contributed by atoms with E-state index in [1.165, 1.54) is 12.4 Å². The van der Waals surface area contributed by atoms with Gasteiger partial charge in [-0.3, -0.25) is 4.79 Å². The second-order valence-electron chi connectivity index (χ2n) is 5.96. The molecule has 0 aliphatic heterocycles. The van der Waals surface area contributed by atoms with E-state index in [0.717, 1.165) is 33.6 Å². The highest BCUT2D eigenvalue weighted by Gasteiger charge is 2.12. The Hall–Kier alpha value is -3.41. The Labute approximate surface area is 150 Å². The highest BCUT2D eigenvalue weighted by molar-refractivity contribution is 5.98. The third-order valence-corrected chi connectivity index (χ3v) is 4.40. The molecule has 0 spiro atoms. The molecule has 0 aliphatic carbocycles. The van der Waals surface area contributed by atoms with Crippen LogP contribution in [0.3, 0.4) is 0 Å². The minimum atomic E-state index is -0.137. The van der Waals surface area contributed by atoms with Gasteiger partial charge in [-0.2, -0.15) is 0 Å². The lowest BCUT2D eigenvalue weighted by molar-refractivity contribution is 0.420. The van der Waals surface area contributed by atoms with Crippen molar-refractivity contribution in [3.8, 4) is 17.1 Å². The summed E-state index contributed by atoms with van der Waals surface area (Å²) in [7, 11) is 1.68. The monoisotopic (exact) mass is 346 g/mol. The molecule has 2 aromatic carbocycles. The second-order valence-corrected chi connectivity index (χ2v) is 5.96. The molecule has 26 heavy (non-hydrogen) atoms. The second kappa shape index (κ2) is 6.84. The van der Waals surface area contributed by atoms with E-state index < -0.39 is 0 Å². The fourth-order valence-electron chi connectivity index (χ4n) is 3.16. The van der Waals surface area contributed by atoms with Gasteiger partial charge >= 0.3 is 0 Å². The van der Waals surface area contributed by atoms with Crippen LogP contribution in [-0.2, 0) is 13.0 Å². The van der Waals surface area contributed by atoms with E-state index in [0.29, 0.717) is 13.0 Å². The molecule has 2 aromatic heterocycles. The van der Waals surface area contributed by atoms with Gasteiger partial charge < -0.3 is 14.3 Å². The van der Waals surface area contributed by atoms with E-state index in [2.05, 4.69) is 25.6 Å². The topological polar surface area (TPSA) is 72.8 Å². The Kier molecular flexibility index (Phi) is 4.23. The molecule has 130 valence electrons. The highest BCUT2D eigenvalue weighted by atomic mass is 16.5. The third kappa shape index (κ3) is 2.97. The molecule has 0 saturated carbocycles. The summed E-state index contributed by atoms with van der Waals surface area (Å²) < 4.78 is 7.56. The Bertz CT molecular complexity index is 1110. The number of aryl methyl sites for hydroxylation is 2. The van der Waals surface area contributed by atoms with Crippen molar-refractivity contribution >= 4 is 10.8 Å². The lowest BCUT2D eigenvalue weighted by atomic mass is 10.0. The van der Waals surface area contributed by atoms with Gasteiger partial charge in [0.05, 0.1) is 13.4 Å². The average Bonchev–Trinajstić information content (AvgIpc) is 3.14. The molecule has 0 unspecified atom stereocenters. The van der Waals surface area contributed by atoms with E-state index in [4.69, 9.17) is 4.74 Å². The first-order valence-electron chi connectivity index (χ1n) is 8.37. The molecule has 0 aliphatic rings. The van der Waals surface area contributed by atoms with Gasteiger partial charge in [0, 0.05) is 48.1 Å². The zero-order chi connectivity index (χ0) is 17.9. The molecular weight excluding hydrogens is 328 g/mol. The van der Waals surface area contributed by atoms with Crippen LogP contribution in [0.4, 0.5) is 0 Å². The first kappa shape index (κ1) is 16.1. The van der Waals surface area contributed by atoms with Gasteiger partial charge in [-0.05, 0) is 17.5 Å². The van der Waals surface area contributed by atoms with Crippen molar-refractivity contribution in [1.29, 1.82) is 0 Å². The van der Waals surface area contributed by atoms with Crippen molar-refractivity contribution in [1.82, 2.24) is 19.5 Å². The van der Waals surface area contributed by atoms with E-state index in [-0.39, 0.29) is 5.56 Å². The van der Waals surface area contributed by atoms with E-state index in [1.807, 2.05) is 36.5 Å². The number of methoxy groups -OCH3 is 1. The fraction of sp³-hybridized carbons (Fsp3) is 0.150. The van der Waals surface area contributed by atoms with Gasteiger partial charge in [-0.1, -0.05) is 24.3 Å². The molecule has 0 saturated heterocycles. The molecule has 2 heterocycles. The standard InChI is InChI=1S/C20H18N4O2/c1-26-18-7-6-17(15-4-2-3-5-16(15)18)20-21-9-11-24(20)10-8-14-12-19(25)23-13-22-14/h2-7,9,11-13H,8,10H2,1H3,(H,22,23,25). The van der Waals surface area contributed by atoms with Crippen molar-refractivity contribution < 1.29 is 4.74 Å². The number of rotatable bonds is 5. The number of nitrogens with zero attached hydrogens (tertiary/aromatic N) is 3. The van der Waals surface area contributed by atoms with Crippen LogP contribution in [0.2, 0.25) is 0 Å². The predicted molar refractivity (Wildman–Crippen MR) is 100 cm³/mol. The summed E-state index contributed by atoms with van der Waals surface area (Å²) in [5, 5.41) is 2.15. The van der Waals surface area contributed by atoms with Crippen LogP contribution in [0.15, 0.2) is 66.0 Å². The number of aromatic amines is 1. The van der Waals surface area contributed by atoms with Crippen molar-refractivity contribution in [2.45, 2.75) is 13.0 Å². The highest BCUT2D eigenvalue weighted by Crippen LogP contribution is 2.33. The smallest absolute Gasteiger partial charge is 0.250 e. The maximum absolute atomic E-state index is 11.4. The predicted octanol–water partition coefficient (Wildman–Crippen LogP) is 3.04. The Morgan fingerprint density at radius 2 is 1.96 bits per heavy atom. The number of aromatic nitrogens is 4. The summed E-state index contributed by atoms with van der Waals surface area (Å²) in [6, 6.07) is 13.7. The van der Waals surface area contributed by atoms with Crippen molar-refractivity contribution in [2.75, 3.05) is 7.11 Å². The van der Waals surface area contributed by atoms with Crippen LogP contribution in [0, 0.1) is 0 Å². The molecule has 0 amide bonds. The Morgan fingerprint density at radius 1 is 1.12 bits per heavy atom. The van der Waals surface area contributed by atoms with E-state index in [9.17, 15) is 4.79 Å². The van der Waals surface area contributed by atoms with Gasteiger partial charge in [0.25, 0.3) is 5.56 Å². The molecular formula is C20H18N4O2. The van der Waals surface area contributed by atoms with Gasteiger partial charge in [0.1, 0.15) is 11.6 Å². The molecule has 4 rings (SSSR count). The van der Waals surface area contributed by atoms with Crippen LogP contribution >= 0.6 is 0 Å². The molecule has 0 atom stereocenters. The lowest BCUT2D eigenvalue weighted by Crippen LogP contribution is -2.09. The normalized spacial score (nSPS) is 11.0. The first-order valence-corrected chi connectivity index (χ1v) is 8.37. The van der Waals surface area contributed by atoms with Crippen molar-refractivity contribution in [3.63, 3.8) is 0 Å². The first-order chi connectivity index (χ1) is 12.8. The number of hydrogen-bond donors (Lipinski definition) is 1. The molecule has 1 N–H and O–H groups in total. The fourth-order valence-corrected chi connectivity index (χ4v) is 3.16. The van der Waals surface area contributed by atoms with Gasteiger partial charge in [0.15, 0.2) is 0 Å². The number of hydrogen-bond acceptors (Lipinski definition) is 4. The molecule has 0 fully saturated rings. The molecule has 6 nitrogen and oxygen atoms in total. The zero-order valence-electron chi connectivity index (χ0n) is 14.3. The van der Waals surface area contributed by atoms with E-state index >= 15 is 0 Å². The molecule has 4 aromatic rings. The van der Waals surface area contributed by atoms with Crippen LogP contribution in [0.25, 0.3) is 22.2 Å². The summed E-state index contributed by atoms with van der Waals surface area (Å²) in [5.41, 5.74) is 1.67. The summed E-state index contributed by atoms with van der Waals surface area (Å²) >= 11 is 0. The van der Waals surface area contributed by atoms with Gasteiger partial charge in [-0.25, -0.2) is 9.97 Å². The largest absolute Gasteiger partial charge is 0.496 e. The Morgan fingerprint density at radius 3 is 2.77 bits per heavy atom. The minimum Gasteiger partial charge on any atom is -0.496 e. The zero-order valence-corrected chi connectivity index (χ0v) is 14.3. The molecule has 0 bridgehead atoms. The SMILES string of the molecule is COc1ccc(-c2nccn2CCc2cc(=O)[nH]cn2)c2ccccc12. The summed E-state index contributed by atoms with van der Waals surface area (Å²) in [6.45, 7) is 0.687. The quantitative estimate of drug-likeness (QED) is 0.603. The summed E-state index contributed by atoms with van der Waals surface area (Å²) in [4.78, 5) is 22.7. The number of H-pyrrole nitrogens is 1. The average molecular weight is 346 g/mol. The third-order valence-electron chi connectivity index (χ3n) is 4.40. The van der Waals surface area contributed by atoms with Crippen LogP contribution in [0.5, 0.6) is 5.75 Å².